The number of thioether (sulfide) groups is 1. The first-order chi connectivity index (χ1) is 12.1. The van der Waals surface area contributed by atoms with Crippen molar-refractivity contribution in [2.45, 2.75) is 24.9 Å². The Morgan fingerprint density at radius 1 is 1.24 bits per heavy atom. The molecule has 0 radical (unpaired) electrons. The number of aromatic nitrogens is 1. The van der Waals surface area contributed by atoms with Gasteiger partial charge < -0.3 is 5.32 Å². The topological polar surface area (TPSA) is 51.1 Å². The van der Waals surface area contributed by atoms with E-state index in [4.69, 9.17) is 0 Å². The van der Waals surface area contributed by atoms with Gasteiger partial charge in [0, 0.05) is 15.5 Å². The molecule has 2 heterocycles. The minimum atomic E-state index is -0.190. The Morgan fingerprint density at radius 2 is 2.00 bits per heavy atom. The largest absolute Gasteiger partial charge is 0.346 e. The molecule has 3 rings (SSSR count). The molecule has 2 aromatic heterocycles. The predicted octanol–water partition coefficient (Wildman–Crippen LogP) is 3.98. The van der Waals surface area contributed by atoms with Crippen LogP contribution in [-0.2, 0) is 13.1 Å². The lowest BCUT2D eigenvalue weighted by Crippen LogP contribution is -2.22. The van der Waals surface area contributed by atoms with Gasteiger partial charge in [-0.3, -0.25) is 14.2 Å². The lowest BCUT2D eigenvalue weighted by atomic mass is 10.2. The van der Waals surface area contributed by atoms with Crippen molar-refractivity contribution in [3.05, 3.63) is 72.5 Å². The first-order valence-corrected chi connectivity index (χ1v) is 10.6. The highest BCUT2D eigenvalue weighted by Gasteiger charge is 2.17. The smallest absolute Gasteiger partial charge is 0.308 e. The van der Waals surface area contributed by atoms with E-state index in [2.05, 4.69) is 5.32 Å². The predicted molar refractivity (Wildman–Crippen MR) is 106 cm³/mol. The highest BCUT2D eigenvalue weighted by Crippen LogP contribution is 2.18. The monoisotopic (exact) mass is 390 g/mol. The van der Waals surface area contributed by atoms with Crippen LogP contribution < -0.4 is 10.2 Å². The summed E-state index contributed by atoms with van der Waals surface area (Å²) in [6.07, 6.45) is 2.03. The standard InChI is InChI=1S/C18H18N2O2S3/c1-12-16(17(21)19-10-15-4-3-9-24-15)25-18(22)20(12)11-13-5-7-14(23-2)8-6-13/h3-9H,10-11H2,1-2H3,(H,19,21). The van der Waals surface area contributed by atoms with Crippen molar-refractivity contribution in [2.75, 3.05) is 6.26 Å². The summed E-state index contributed by atoms with van der Waals surface area (Å²) >= 11 is 4.29. The molecule has 4 nitrogen and oxygen atoms in total. The Bertz CT molecular complexity index is 909. The van der Waals surface area contributed by atoms with E-state index < -0.39 is 0 Å². The van der Waals surface area contributed by atoms with Crippen LogP contribution in [0.1, 0.15) is 25.8 Å². The minimum absolute atomic E-state index is 0.104. The molecule has 1 aromatic carbocycles. The average molecular weight is 391 g/mol. The van der Waals surface area contributed by atoms with Crippen molar-refractivity contribution in [3.63, 3.8) is 0 Å². The van der Waals surface area contributed by atoms with Gasteiger partial charge in [-0.15, -0.1) is 23.1 Å². The second kappa shape index (κ2) is 8.03. The van der Waals surface area contributed by atoms with Crippen LogP contribution in [0.5, 0.6) is 0 Å². The molecule has 0 bridgehead atoms. The molecule has 0 aliphatic rings. The quantitative estimate of drug-likeness (QED) is 0.648. The van der Waals surface area contributed by atoms with Gasteiger partial charge in [-0.1, -0.05) is 29.5 Å². The molecule has 25 heavy (non-hydrogen) atoms. The Hall–Kier alpha value is -1.83. The van der Waals surface area contributed by atoms with E-state index in [0.717, 1.165) is 21.8 Å². The Balaban J connectivity index is 1.75. The number of nitrogens with one attached hydrogen (secondary N) is 1. The molecule has 0 spiro atoms. The number of nitrogens with zero attached hydrogens (tertiary/aromatic N) is 1. The van der Waals surface area contributed by atoms with E-state index in [1.807, 2.05) is 55.0 Å². The number of hydrogen-bond donors (Lipinski definition) is 1. The number of benzene rings is 1. The summed E-state index contributed by atoms with van der Waals surface area (Å²) in [7, 11) is 0. The van der Waals surface area contributed by atoms with Gasteiger partial charge >= 0.3 is 4.87 Å². The second-order valence-electron chi connectivity index (χ2n) is 5.48. The zero-order valence-electron chi connectivity index (χ0n) is 13.9. The molecule has 0 fully saturated rings. The fraction of sp³-hybridized carbons (Fsp3) is 0.222. The summed E-state index contributed by atoms with van der Waals surface area (Å²) < 4.78 is 1.67. The van der Waals surface area contributed by atoms with Gasteiger partial charge in [0.05, 0.1) is 13.1 Å². The number of amides is 1. The zero-order valence-corrected chi connectivity index (χ0v) is 16.4. The van der Waals surface area contributed by atoms with Gasteiger partial charge in [0.2, 0.25) is 0 Å². The van der Waals surface area contributed by atoms with Crippen LogP contribution in [0.25, 0.3) is 0 Å². The molecule has 3 aromatic rings. The van der Waals surface area contributed by atoms with Gasteiger partial charge in [-0.25, -0.2) is 0 Å². The average Bonchev–Trinajstić information content (AvgIpc) is 3.24. The van der Waals surface area contributed by atoms with Crippen LogP contribution in [-0.4, -0.2) is 16.7 Å². The normalized spacial score (nSPS) is 10.8. The molecule has 0 aliphatic heterocycles. The number of carbonyl (C=O) groups is 1. The van der Waals surface area contributed by atoms with Crippen LogP contribution >= 0.6 is 34.4 Å². The number of thiazole rings is 1. The lowest BCUT2D eigenvalue weighted by Gasteiger charge is -2.07. The Labute approximate surface area is 158 Å². The fourth-order valence-electron chi connectivity index (χ4n) is 2.44. The molecule has 7 heteroatoms. The number of rotatable bonds is 6. The van der Waals surface area contributed by atoms with E-state index in [0.29, 0.717) is 23.7 Å². The van der Waals surface area contributed by atoms with Crippen molar-refractivity contribution in [2.24, 2.45) is 0 Å². The summed E-state index contributed by atoms with van der Waals surface area (Å²) in [6.45, 7) is 2.79. The molecule has 0 saturated heterocycles. The third-order valence-electron chi connectivity index (χ3n) is 3.85. The van der Waals surface area contributed by atoms with Crippen molar-refractivity contribution in [1.29, 1.82) is 0 Å². The van der Waals surface area contributed by atoms with Gasteiger partial charge in [0.1, 0.15) is 4.88 Å². The van der Waals surface area contributed by atoms with E-state index in [-0.39, 0.29) is 10.8 Å². The second-order valence-corrected chi connectivity index (χ2v) is 8.35. The maximum Gasteiger partial charge on any atom is 0.308 e. The number of thiophene rings is 1. The molecular weight excluding hydrogens is 372 g/mol. The third-order valence-corrected chi connectivity index (χ3v) is 6.55. The van der Waals surface area contributed by atoms with Crippen LogP contribution in [0, 0.1) is 6.92 Å². The van der Waals surface area contributed by atoms with Crippen molar-refractivity contribution >= 4 is 40.3 Å². The highest BCUT2D eigenvalue weighted by molar-refractivity contribution is 7.98. The van der Waals surface area contributed by atoms with Gasteiger partial charge in [0.15, 0.2) is 0 Å². The minimum Gasteiger partial charge on any atom is -0.346 e. The summed E-state index contributed by atoms with van der Waals surface area (Å²) in [5.41, 5.74) is 1.76. The fourth-order valence-corrected chi connectivity index (χ4v) is 4.41. The maximum absolute atomic E-state index is 12.4. The van der Waals surface area contributed by atoms with E-state index in [1.54, 1.807) is 27.7 Å². The van der Waals surface area contributed by atoms with Gasteiger partial charge in [-0.2, -0.15) is 0 Å². The summed E-state index contributed by atoms with van der Waals surface area (Å²) in [6, 6.07) is 12.1. The maximum atomic E-state index is 12.4. The zero-order chi connectivity index (χ0) is 17.8. The molecule has 1 N–H and O–H groups in total. The van der Waals surface area contributed by atoms with Crippen LogP contribution in [0.3, 0.4) is 0 Å². The van der Waals surface area contributed by atoms with E-state index >= 15 is 0 Å². The number of carbonyl (C=O) groups excluding carboxylic acids is 1. The molecule has 0 unspecified atom stereocenters. The van der Waals surface area contributed by atoms with Crippen molar-refractivity contribution in [3.8, 4) is 0 Å². The Morgan fingerprint density at radius 3 is 2.64 bits per heavy atom. The lowest BCUT2D eigenvalue weighted by molar-refractivity contribution is 0.0954. The van der Waals surface area contributed by atoms with E-state index in [9.17, 15) is 9.59 Å². The van der Waals surface area contributed by atoms with Crippen LogP contribution in [0.2, 0.25) is 0 Å². The van der Waals surface area contributed by atoms with Crippen LogP contribution in [0.15, 0.2) is 51.5 Å². The highest BCUT2D eigenvalue weighted by atomic mass is 32.2. The molecule has 1 amide bonds. The molecule has 130 valence electrons. The third kappa shape index (κ3) is 4.23. The summed E-state index contributed by atoms with van der Waals surface area (Å²) in [5.74, 6) is -0.190. The summed E-state index contributed by atoms with van der Waals surface area (Å²) in [5, 5.41) is 4.86. The molecule has 0 saturated carbocycles. The molecular formula is C18H18N2O2S3. The number of hydrogen-bond acceptors (Lipinski definition) is 5. The van der Waals surface area contributed by atoms with Crippen molar-refractivity contribution < 1.29 is 4.79 Å². The first kappa shape index (κ1) is 18.0. The Kier molecular flexibility index (Phi) is 5.78. The molecule has 0 aliphatic carbocycles. The van der Waals surface area contributed by atoms with Crippen LogP contribution in [0.4, 0.5) is 0 Å². The first-order valence-electron chi connectivity index (χ1n) is 7.72. The summed E-state index contributed by atoms with van der Waals surface area (Å²) in [4.78, 5) is 27.4. The van der Waals surface area contributed by atoms with Gasteiger partial charge in [0.25, 0.3) is 5.91 Å². The van der Waals surface area contributed by atoms with Gasteiger partial charge in [-0.05, 0) is 42.3 Å². The van der Waals surface area contributed by atoms with Crippen molar-refractivity contribution in [1.82, 2.24) is 9.88 Å². The van der Waals surface area contributed by atoms with E-state index in [1.165, 1.54) is 4.90 Å². The SMILES string of the molecule is CSc1ccc(Cn2c(C)c(C(=O)NCc3cccs3)sc2=O)cc1. The molecule has 0 atom stereocenters.